The number of carbonyl (C=O) groups excluding carboxylic acids is 1. The third-order valence-corrected chi connectivity index (χ3v) is 2.74. The number of hydrogen-bond acceptors (Lipinski definition) is 6. The highest BCUT2D eigenvalue weighted by molar-refractivity contribution is 5.92. The largest absolute Gasteiger partial charge is 0.493 e. The zero-order valence-corrected chi connectivity index (χ0v) is 11.4. The number of esters is 1. The van der Waals surface area contributed by atoms with Gasteiger partial charge in [0, 0.05) is 6.07 Å². The van der Waals surface area contributed by atoms with E-state index in [1.165, 1.54) is 20.3 Å². The van der Waals surface area contributed by atoms with Crippen LogP contribution < -0.4 is 14.9 Å². The summed E-state index contributed by atoms with van der Waals surface area (Å²) in [6.45, 7) is 1.82. The molecule has 0 aliphatic carbocycles. The molecule has 0 atom stereocenters. The van der Waals surface area contributed by atoms with Crippen molar-refractivity contribution in [2.75, 3.05) is 20.8 Å². The predicted molar refractivity (Wildman–Crippen MR) is 71.4 cm³/mol. The third kappa shape index (κ3) is 2.29. The first-order chi connectivity index (χ1) is 9.62. The Morgan fingerprint density at radius 1 is 1.25 bits per heavy atom. The van der Waals surface area contributed by atoms with Crippen molar-refractivity contribution >= 4 is 16.9 Å². The van der Waals surface area contributed by atoms with Crippen molar-refractivity contribution < 1.29 is 19.0 Å². The summed E-state index contributed by atoms with van der Waals surface area (Å²) < 4.78 is 15.0. The van der Waals surface area contributed by atoms with Gasteiger partial charge in [0.15, 0.2) is 11.5 Å². The van der Waals surface area contributed by atoms with Crippen LogP contribution in [0.1, 0.15) is 17.4 Å². The van der Waals surface area contributed by atoms with Gasteiger partial charge in [0.2, 0.25) is 11.1 Å². The van der Waals surface area contributed by atoms with Crippen molar-refractivity contribution in [1.29, 1.82) is 0 Å². The van der Waals surface area contributed by atoms with Gasteiger partial charge in [-0.2, -0.15) is 5.10 Å². The maximum Gasteiger partial charge on any atom is 0.362 e. The zero-order chi connectivity index (χ0) is 14.7. The lowest BCUT2D eigenvalue weighted by molar-refractivity contribution is 0.0517. The lowest BCUT2D eigenvalue weighted by atomic mass is 10.2. The van der Waals surface area contributed by atoms with E-state index < -0.39 is 11.4 Å². The van der Waals surface area contributed by atoms with Crippen LogP contribution in [-0.4, -0.2) is 37.0 Å². The average Bonchev–Trinajstić information content (AvgIpc) is 2.46. The molecular weight excluding hydrogens is 264 g/mol. The molecule has 2 aromatic rings. The number of aromatic nitrogens is 2. The first-order valence-electron chi connectivity index (χ1n) is 5.93. The molecule has 0 unspecified atom stereocenters. The minimum Gasteiger partial charge on any atom is -0.493 e. The topological polar surface area (TPSA) is 90.5 Å². The molecule has 0 bridgehead atoms. The Labute approximate surface area is 114 Å². The molecule has 1 N–H and O–H groups in total. The number of H-pyrrole nitrogens is 1. The maximum absolute atomic E-state index is 12.2. The van der Waals surface area contributed by atoms with Crippen LogP contribution in [0.2, 0.25) is 0 Å². The highest BCUT2D eigenvalue weighted by atomic mass is 16.5. The third-order valence-electron chi connectivity index (χ3n) is 2.74. The number of carbonyl (C=O) groups is 1. The first-order valence-corrected chi connectivity index (χ1v) is 5.93. The fourth-order valence-electron chi connectivity index (χ4n) is 1.79. The van der Waals surface area contributed by atoms with Crippen molar-refractivity contribution in [2.24, 2.45) is 0 Å². The van der Waals surface area contributed by atoms with Crippen molar-refractivity contribution in [2.45, 2.75) is 6.92 Å². The Hall–Kier alpha value is -2.57. The highest BCUT2D eigenvalue weighted by Crippen LogP contribution is 2.29. The van der Waals surface area contributed by atoms with Crippen LogP contribution >= 0.6 is 0 Å². The van der Waals surface area contributed by atoms with E-state index >= 15 is 0 Å². The Balaban J connectivity index is 2.66. The normalized spacial score (nSPS) is 10.3. The van der Waals surface area contributed by atoms with E-state index in [2.05, 4.69) is 10.2 Å². The number of ether oxygens (including phenoxy) is 3. The van der Waals surface area contributed by atoms with E-state index in [9.17, 15) is 9.59 Å². The molecule has 0 fully saturated rings. The Morgan fingerprint density at radius 2 is 1.90 bits per heavy atom. The van der Waals surface area contributed by atoms with Gasteiger partial charge in [-0.1, -0.05) is 0 Å². The van der Waals surface area contributed by atoms with Crippen LogP contribution in [0.15, 0.2) is 16.9 Å². The summed E-state index contributed by atoms with van der Waals surface area (Å²) in [4.78, 5) is 23.9. The van der Waals surface area contributed by atoms with Gasteiger partial charge >= 0.3 is 5.97 Å². The van der Waals surface area contributed by atoms with E-state index in [1.54, 1.807) is 13.0 Å². The second kappa shape index (κ2) is 5.60. The van der Waals surface area contributed by atoms with Gasteiger partial charge in [0.25, 0.3) is 0 Å². The van der Waals surface area contributed by atoms with Gasteiger partial charge in [-0.25, -0.2) is 4.79 Å². The number of rotatable bonds is 4. The van der Waals surface area contributed by atoms with Crippen molar-refractivity contribution in [3.8, 4) is 11.5 Å². The van der Waals surface area contributed by atoms with Crippen LogP contribution in [0.4, 0.5) is 0 Å². The fraction of sp³-hybridized carbons (Fsp3) is 0.308. The van der Waals surface area contributed by atoms with E-state index in [0.717, 1.165) is 0 Å². The predicted octanol–water partition coefficient (Wildman–Crippen LogP) is 1.12. The van der Waals surface area contributed by atoms with Gasteiger partial charge in [-0.05, 0) is 13.0 Å². The van der Waals surface area contributed by atoms with E-state index in [-0.39, 0.29) is 17.7 Å². The zero-order valence-electron chi connectivity index (χ0n) is 11.4. The summed E-state index contributed by atoms with van der Waals surface area (Å²) in [7, 11) is 2.95. The van der Waals surface area contributed by atoms with Crippen LogP contribution in [-0.2, 0) is 4.74 Å². The summed E-state index contributed by atoms with van der Waals surface area (Å²) >= 11 is 0. The molecule has 0 spiro atoms. The molecule has 0 radical (unpaired) electrons. The fourth-order valence-corrected chi connectivity index (χ4v) is 1.79. The standard InChI is InChI=1S/C13H14N2O5/c1-4-20-13(17)11-12(16)7-5-9(18-2)10(19-3)6-8(7)14-15-11/h5-6H,4H2,1-3H3,(H,14,16). The molecular formula is C13H14N2O5. The Kier molecular flexibility index (Phi) is 3.88. The average molecular weight is 278 g/mol. The number of methoxy groups -OCH3 is 2. The smallest absolute Gasteiger partial charge is 0.362 e. The van der Waals surface area contributed by atoms with E-state index in [0.29, 0.717) is 17.0 Å². The molecule has 0 aliphatic heterocycles. The quantitative estimate of drug-likeness (QED) is 0.843. The van der Waals surface area contributed by atoms with Crippen LogP contribution in [0.25, 0.3) is 10.9 Å². The summed E-state index contributed by atoms with van der Waals surface area (Å²) in [6.07, 6.45) is 0. The van der Waals surface area contributed by atoms with Crippen molar-refractivity contribution in [3.63, 3.8) is 0 Å². The molecule has 7 nitrogen and oxygen atoms in total. The molecule has 0 saturated heterocycles. The Bertz CT molecular complexity index is 708. The molecule has 0 amide bonds. The maximum atomic E-state index is 12.2. The number of nitrogens with zero attached hydrogens (tertiary/aromatic N) is 1. The molecule has 1 aromatic heterocycles. The van der Waals surface area contributed by atoms with Gasteiger partial charge in [0.05, 0.1) is 31.7 Å². The SMILES string of the molecule is CCOC(=O)c1n[nH]c2cc(OC)c(OC)cc2c1=O. The summed E-state index contributed by atoms with van der Waals surface area (Å²) in [5.74, 6) is 0.0956. The van der Waals surface area contributed by atoms with Gasteiger partial charge in [-0.3, -0.25) is 9.89 Å². The lowest BCUT2D eigenvalue weighted by Gasteiger charge is -2.09. The van der Waals surface area contributed by atoms with Gasteiger partial charge in [0.1, 0.15) is 0 Å². The molecule has 0 saturated carbocycles. The molecule has 1 heterocycles. The minimum atomic E-state index is -0.759. The number of aromatic amines is 1. The first kappa shape index (κ1) is 13.9. The van der Waals surface area contributed by atoms with Crippen LogP contribution in [0, 0.1) is 0 Å². The summed E-state index contributed by atoms with van der Waals surface area (Å²) in [5.41, 5.74) is -0.356. The molecule has 20 heavy (non-hydrogen) atoms. The van der Waals surface area contributed by atoms with E-state index in [1.807, 2.05) is 0 Å². The molecule has 1 aromatic carbocycles. The molecule has 7 heteroatoms. The molecule has 2 rings (SSSR count). The number of nitrogens with one attached hydrogen (secondary N) is 1. The number of benzene rings is 1. The summed E-state index contributed by atoms with van der Waals surface area (Å²) in [6, 6.07) is 3.08. The highest BCUT2D eigenvalue weighted by Gasteiger charge is 2.17. The Morgan fingerprint density at radius 3 is 2.50 bits per heavy atom. The number of hydrogen-bond donors (Lipinski definition) is 1. The van der Waals surface area contributed by atoms with Crippen molar-refractivity contribution in [1.82, 2.24) is 10.2 Å². The second-order valence-electron chi connectivity index (χ2n) is 3.87. The van der Waals surface area contributed by atoms with Gasteiger partial charge < -0.3 is 14.2 Å². The minimum absolute atomic E-state index is 0.171. The summed E-state index contributed by atoms with van der Waals surface area (Å²) in [5, 5.41) is 6.67. The van der Waals surface area contributed by atoms with E-state index in [4.69, 9.17) is 14.2 Å². The van der Waals surface area contributed by atoms with Crippen molar-refractivity contribution in [3.05, 3.63) is 28.0 Å². The van der Waals surface area contributed by atoms with Gasteiger partial charge in [-0.15, -0.1) is 0 Å². The van der Waals surface area contributed by atoms with Crippen LogP contribution in [0.3, 0.4) is 0 Å². The molecule has 106 valence electrons. The van der Waals surface area contributed by atoms with Crippen LogP contribution in [0.5, 0.6) is 11.5 Å². The lowest BCUT2D eigenvalue weighted by Crippen LogP contribution is -2.21. The molecule has 0 aliphatic rings. The second-order valence-corrected chi connectivity index (χ2v) is 3.87. The monoisotopic (exact) mass is 278 g/mol. The number of fused-ring (bicyclic) bond motifs is 1.